The molecular formula is C19H18ClN3O. The Bertz CT molecular complexity index is 776. The van der Waals surface area contributed by atoms with Crippen molar-refractivity contribution in [3.8, 4) is 6.07 Å². The maximum Gasteiger partial charge on any atom is 0.267 e. The Labute approximate surface area is 146 Å². The molecule has 0 aromatic heterocycles. The summed E-state index contributed by atoms with van der Waals surface area (Å²) in [4.78, 5) is 12.1. The zero-order chi connectivity index (χ0) is 17.4. The van der Waals surface area contributed by atoms with Crippen LogP contribution in [-0.4, -0.2) is 12.5 Å². The summed E-state index contributed by atoms with van der Waals surface area (Å²) in [6.07, 6.45) is 2.26. The zero-order valence-corrected chi connectivity index (χ0v) is 14.1. The average Bonchev–Trinajstić information content (AvgIpc) is 2.57. The smallest absolute Gasteiger partial charge is 0.267 e. The molecule has 0 atom stereocenters. The SMILES string of the molecule is Cc1cccc(CCN/C=C(/C#N)C(=O)Nc2ccc(Cl)cc2)c1. The number of rotatable bonds is 6. The van der Waals surface area contributed by atoms with Crippen LogP contribution in [0.25, 0.3) is 0 Å². The number of aryl methyl sites for hydroxylation is 1. The van der Waals surface area contributed by atoms with E-state index in [0.717, 1.165) is 6.42 Å². The molecule has 0 radical (unpaired) electrons. The van der Waals surface area contributed by atoms with Crippen molar-refractivity contribution in [1.82, 2.24) is 5.32 Å². The van der Waals surface area contributed by atoms with Crippen LogP contribution in [-0.2, 0) is 11.2 Å². The van der Waals surface area contributed by atoms with E-state index in [9.17, 15) is 4.79 Å². The molecule has 0 aliphatic heterocycles. The Kier molecular flexibility index (Phi) is 6.41. The summed E-state index contributed by atoms with van der Waals surface area (Å²) in [5.74, 6) is -0.456. The molecule has 2 N–H and O–H groups in total. The van der Waals surface area contributed by atoms with Crippen LogP contribution in [0.2, 0.25) is 5.02 Å². The molecule has 0 saturated carbocycles. The highest BCUT2D eigenvalue weighted by Crippen LogP contribution is 2.14. The van der Waals surface area contributed by atoms with Crippen LogP contribution < -0.4 is 10.6 Å². The monoisotopic (exact) mass is 339 g/mol. The number of carbonyl (C=O) groups is 1. The summed E-state index contributed by atoms with van der Waals surface area (Å²) in [6.45, 7) is 2.69. The lowest BCUT2D eigenvalue weighted by Crippen LogP contribution is -2.18. The standard InChI is InChI=1S/C19H18ClN3O/c1-14-3-2-4-15(11-14)9-10-22-13-16(12-21)19(24)23-18-7-5-17(20)6-8-18/h2-8,11,13,22H,9-10H2,1H3,(H,23,24)/b16-13-. The van der Waals surface area contributed by atoms with E-state index in [-0.39, 0.29) is 5.57 Å². The van der Waals surface area contributed by atoms with Crippen molar-refractivity contribution in [1.29, 1.82) is 5.26 Å². The topological polar surface area (TPSA) is 64.9 Å². The molecule has 0 unspecified atom stereocenters. The number of anilines is 1. The summed E-state index contributed by atoms with van der Waals surface area (Å²) in [6, 6.07) is 16.8. The molecule has 5 heteroatoms. The third-order valence-corrected chi connectivity index (χ3v) is 3.61. The van der Waals surface area contributed by atoms with Crippen molar-refractivity contribution >= 4 is 23.2 Å². The van der Waals surface area contributed by atoms with Crippen molar-refractivity contribution in [3.63, 3.8) is 0 Å². The molecule has 2 aromatic carbocycles. The lowest BCUT2D eigenvalue weighted by atomic mass is 10.1. The fraction of sp³-hybridized carbons (Fsp3) is 0.158. The van der Waals surface area contributed by atoms with Crippen molar-refractivity contribution in [2.45, 2.75) is 13.3 Å². The van der Waals surface area contributed by atoms with Crippen LogP contribution >= 0.6 is 11.6 Å². The van der Waals surface area contributed by atoms with Crippen LogP contribution in [0.15, 0.2) is 60.3 Å². The van der Waals surface area contributed by atoms with E-state index in [1.165, 1.54) is 17.3 Å². The number of hydrogen-bond donors (Lipinski definition) is 2. The van der Waals surface area contributed by atoms with Gasteiger partial charge in [-0.05, 0) is 43.2 Å². The molecule has 0 fully saturated rings. The van der Waals surface area contributed by atoms with Gasteiger partial charge in [0.2, 0.25) is 0 Å². The first-order chi connectivity index (χ1) is 11.6. The van der Waals surface area contributed by atoms with Crippen molar-refractivity contribution in [2.24, 2.45) is 0 Å². The summed E-state index contributed by atoms with van der Waals surface area (Å²) in [5, 5.41) is 15.4. The number of carbonyl (C=O) groups excluding carboxylic acids is 1. The fourth-order valence-electron chi connectivity index (χ4n) is 2.14. The number of halogens is 1. The second-order valence-electron chi connectivity index (χ2n) is 5.32. The molecule has 0 aliphatic carbocycles. The molecular weight excluding hydrogens is 322 g/mol. The third kappa shape index (κ3) is 5.45. The number of nitrogens with zero attached hydrogens (tertiary/aromatic N) is 1. The first-order valence-corrected chi connectivity index (χ1v) is 7.92. The van der Waals surface area contributed by atoms with Gasteiger partial charge in [-0.3, -0.25) is 4.79 Å². The Balaban J connectivity index is 1.87. The summed E-state index contributed by atoms with van der Waals surface area (Å²) < 4.78 is 0. The summed E-state index contributed by atoms with van der Waals surface area (Å²) in [7, 11) is 0. The molecule has 0 bridgehead atoms. The van der Waals surface area contributed by atoms with Crippen molar-refractivity contribution in [3.05, 3.63) is 76.5 Å². The van der Waals surface area contributed by atoms with Gasteiger partial charge in [0.1, 0.15) is 11.6 Å². The Hall–Kier alpha value is -2.77. The van der Waals surface area contributed by atoms with Gasteiger partial charge in [-0.2, -0.15) is 5.26 Å². The van der Waals surface area contributed by atoms with Crippen LogP contribution in [0, 0.1) is 18.3 Å². The first-order valence-electron chi connectivity index (χ1n) is 7.54. The Morgan fingerprint density at radius 2 is 2.00 bits per heavy atom. The minimum absolute atomic E-state index is 0.0224. The minimum Gasteiger partial charge on any atom is -0.389 e. The molecule has 0 spiro atoms. The Morgan fingerprint density at radius 1 is 1.25 bits per heavy atom. The minimum atomic E-state index is -0.456. The van der Waals surface area contributed by atoms with Gasteiger partial charge in [0.15, 0.2) is 0 Å². The fourth-order valence-corrected chi connectivity index (χ4v) is 2.26. The number of hydrogen-bond acceptors (Lipinski definition) is 3. The number of nitrogens with one attached hydrogen (secondary N) is 2. The van der Waals surface area contributed by atoms with Crippen LogP contribution in [0.1, 0.15) is 11.1 Å². The van der Waals surface area contributed by atoms with Crippen molar-refractivity contribution < 1.29 is 4.79 Å². The normalized spacial score (nSPS) is 10.8. The Morgan fingerprint density at radius 3 is 2.67 bits per heavy atom. The summed E-state index contributed by atoms with van der Waals surface area (Å²) in [5.41, 5.74) is 3.03. The molecule has 0 aliphatic rings. The number of benzene rings is 2. The molecule has 2 aromatic rings. The molecule has 2 rings (SSSR count). The number of amides is 1. The predicted octanol–water partition coefficient (Wildman–Crippen LogP) is 3.83. The molecule has 122 valence electrons. The van der Waals surface area contributed by atoms with E-state index < -0.39 is 5.91 Å². The van der Waals surface area contributed by atoms with E-state index in [1.807, 2.05) is 25.1 Å². The third-order valence-electron chi connectivity index (χ3n) is 3.35. The lowest BCUT2D eigenvalue weighted by Gasteiger charge is -2.06. The largest absolute Gasteiger partial charge is 0.389 e. The quantitative estimate of drug-likeness (QED) is 0.477. The van der Waals surface area contributed by atoms with Gasteiger partial charge in [-0.15, -0.1) is 0 Å². The maximum absolute atomic E-state index is 12.1. The first kappa shape index (κ1) is 17.6. The van der Waals surface area contributed by atoms with Gasteiger partial charge in [-0.25, -0.2) is 0 Å². The van der Waals surface area contributed by atoms with E-state index in [2.05, 4.69) is 22.8 Å². The zero-order valence-electron chi connectivity index (χ0n) is 13.3. The average molecular weight is 340 g/mol. The number of nitriles is 1. The molecule has 24 heavy (non-hydrogen) atoms. The van der Waals surface area contributed by atoms with Gasteiger partial charge in [-0.1, -0.05) is 41.4 Å². The van der Waals surface area contributed by atoms with E-state index in [1.54, 1.807) is 24.3 Å². The highest BCUT2D eigenvalue weighted by atomic mass is 35.5. The van der Waals surface area contributed by atoms with Gasteiger partial charge >= 0.3 is 0 Å². The second-order valence-corrected chi connectivity index (χ2v) is 5.76. The lowest BCUT2D eigenvalue weighted by molar-refractivity contribution is -0.112. The highest BCUT2D eigenvalue weighted by molar-refractivity contribution is 6.30. The van der Waals surface area contributed by atoms with E-state index >= 15 is 0 Å². The highest BCUT2D eigenvalue weighted by Gasteiger charge is 2.08. The van der Waals surface area contributed by atoms with E-state index in [4.69, 9.17) is 16.9 Å². The van der Waals surface area contributed by atoms with Gasteiger partial charge in [0, 0.05) is 23.5 Å². The van der Waals surface area contributed by atoms with Crippen molar-refractivity contribution in [2.75, 3.05) is 11.9 Å². The predicted molar refractivity (Wildman–Crippen MR) is 96.7 cm³/mol. The maximum atomic E-state index is 12.1. The summed E-state index contributed by atoms with van der Waals surface area (Å²) >= 11 is 5.80. The molecule has 1 amide bonds. The second kappa shape index (κ2) is 8.76. The van der Waals surface area contributed by atoms with Crippen LogP contribution in [0.4, 0.5) is 5.69 Å². The van der Waals surface area contributed by atoms with Crippen LogP contribution in [0.5, 0.6) is 0 Å². The van der Waals surface area contributed by atoms with Gasteiger partial charge in [0.25, 0.3) is 5.91 Å². The molecule has 4 nitrogen and oxygen atoms in total. The van der Waals surface area contributed by atoms with E-state index in [0.29, 0.717) is 17.3 Å². The van der Waals surface area contributed by atoms with Crippen LogP contribution in [0.3, 0.4) is 0 Å². The van der Waals surface area contributed by atoms with Gasteiger partial charge < -0.3 is 10.6 Å². The molecule has 0 heterocycles. The molecule has 0 saturated heterocycles. The van der Waals surface area contributed by atoms with Gasteiger partial charge in [0.05, 0.1) is 0 Å².